The topological polar surface area (TPSA) is 84.5 Å². The largest absolute Gasteiger partial charge is 0.493 e. The van der Waals surface area contributed by atoms with E-state index in [0.29, 0.717) is 24.8 Å². The number of sulfonamides is 1. The van der Waals surface area contributed by atoms with Crippen molar-refractivity contribution >= 4 is 21.6 Å². The Morgan fingerprint density at radius 1 is 1.11 bits per heavy atom. The van der Waals surface area contributed by atoms with Crippen molar-refractivity contribution < 1.29 is 17.9 Å². The van der Waals surface area contributed by atoms with E-state index in [2.05, 4.69) is 10.0 Å². The molecule has 0 bridgehead atoms. The van der Waals surface area contributed by atoms with Gasteiger partial charge in [-0.25, -0.2) is 8.42 Å². The van der Waals surface area contributed by atoms with Gasteiger partial charge in [-0.2, -0.15) is 0 Å². The Kier molecular flexibility index (Phi) is 5.93. The zero-order chi connectivity index (χ0) is 20.3. The van der Waals surface area contributed by atoms with Crippen molar-refractivity contribution in [2.24, 2.45) is 0 Å². The second kappa shape index (κ2) is 8.22. The number of ether oxygens (including phenoxy) is 1. The standard InChI is InChI=1S/C21H26N2O4S/c1-4-27-21-14(2)11-19(12-15(21)3)28(25,26)23-18-7-5-16(6-8-18)13-20(24)22-17-9-10-17/h5-8,11-12,17,23H,4,9-10,13H2,1-3H3,(H,22,24). The molecule has 1 amide bonds. The summed E-state index contributed by atoms with van der Waals surface area (Å²) in [5.41, 5.74) is 2.85. The third-order valence-electron chi connectivity index (χ3n) is 4.55. The van der Waals surface area contributed by atoms with Crippen LogP contribution in [0, 0.1) is 13.8 Å². The molecule has 0 aromatic heterocycles. The Morgan fingerprint density at radius 2 is 1.71 bits per heavy atom. The average Bonchev–Trinajstić information content (AvgIpc) is 3.43. The van der Waals surface area contributed by atoms with Crippen LogP contribution in [-0.4, -0.2) is 27.0 Å². The molecule has 0 saturated heterocycles. The molecule has 28 heavy (non-hydrogen) atoms. The molecule has 0 spiro atoms. The van der Waals surface area contributed by atoms with Crippen LogP contribution in [0.5, 0.6) is 5.75 Å². The quantitative estimate of drug-likeness (QED) is 0.709. The summed E-state index contributed by atoms with van der Waals surface area (Å²) in [5, 5.41) is 2.94. The SMILES string of the molecule is CCOc1c(C)cc(S(=O)(=O)Nc2ccc(CC(=O)NC3CC3)cc2)cc1C. The highest BCUT2D eigenvalue weighted by Crippen LogP contribution is 2.28. The molecule has 7 heteroatoms. The fourth-order valence-corrected chi connectivity index (χ4v) is 4.26. The van der Waals surface area contributed by atoms with Crippen LogP contribution in [0.15, 0.2) is 41.3 Å². The number of aryl methyl sites for hydroxylation is 2. The normalized spacial score (nSPS) is 13.8. The van der Waals surface area contributed by atoms with E-state index in [-0.39, 0.29) is 10.8 Å². The molecule has 0 unspecified atom stereocenters. The van der Waals surface area contributed by atoms with Gasteiger partial charge in [0, 0.05) is 11.7 Å². The van der Waals surface area contributed by atoms with Crippen LogP contribution >= 0.6 is 0 Å². The fourth-order valence-electron chi connectivity index (χ4n) is 3.03. The molecule has 150 valence electrons. The van der Waals surface area contributed by atoms with Crippen LogP contribution < -0.4 is 14.8 Å². The second-order valence-corrected chi connectivity index (χ2v) is 8.82. The third kappa shape index (κ3) is 5.04. The minimum Gasteiger partial charge on any atom is -0.493 e. The molecule has 0 heterocycles. The number of benzene rings is 2. The van der Waals surface area contributed by atoms with Crippen LogP contribution in [-0.2, 0) is 21.2 Å². The summed E-state index contributed by atoms with van der Waals surface area (Å²) in [6.07, 6.45) is 2.40. The highest BCUT2D eigenvalue weighted by molar-refractivity contribution is 7.92. The zero-order valence-electron chi connectivity index (χ0n) is 16.4. The molecule has 1 aliphatic rings. The Balaban J connectivity index is 1.70. The van der Waals surface area contributed by atoms with Crippen molar-refractivity contribution in [3.05, 3.63) is 53.1 Å². The summed E-state index contributed by atoms with van der Waals surface area (Å²) in [4.78, 5) is 12.1. The lowest BCUT2D eigenvalue weighted by atomic mass is 10.1. The van der Waals surface area contributed by atoms with Crippen molar-refractivity contribution in [1.29, 1.82) is 0 Å². The number of amides is 1. The summed E-state index contributed by atoms with van der Waals surface area (Å²) >= 11 is 0. The van der Waals surface area contributed by atoms with Gasteiger partial charge in [0.1, 0.15) is 5.75 Å². The molecule has 2 aromatic rings. The first-order valence-corrected chi connectivity index (χ1v) is 10.9. The van der Waals surface area contributed by atoms with Crippen molar-refractivity contribution in [3.63, 3.8) is 0 Å². The summed E-state index contributed by atoms with van der Waals surface area (Å²) in [7, 11) is -3.72. The molecule has 2 N–H and O–H groups in total. The van der Waals surface area contributed by atoms with E-state index in [9.17, 15) is 13.2 Å². The smallest absolute Gasteiger partial charge is 0.261 e. The lowest BCUT2D eigenvalue weighted by Crippen LogP contribution is -2.26. The van der Waals surface area contributed by atoms with Crippen molar-refractivity contribution in [2.45, 2.75) is 51.0 Å². The van der Waals surface area contributed by atoms with Gasteiger partial charge < -0.3 is 10.1 Å². The van der Waals surface area contributed by atoms with Gasteiger partial charge in [-0.05, 0) is 74.6 Å². The minimum absolute atomic E-state index is 0.00355. The van der Waals surface area contributed by atoms with E-state index in [4.69, 9.17) is 4.74 Å². The number of nitrogens with one attached hydrogen (secondary N) is 2. The van der Waals surface area contributed by atoms with Gasteiger partial charge in [0.15, 0.2) is 0 Å². The molecule has 0 aliphatic heterocycles. The summed E-state index contributed by atoms with van der Waals surface area (Å²) in [5.74, 6) is 0.714. The van der Waals surface area contributed by atoms with Crippen LogP contribution in [0.25, 0.3) is 0 Å². The molecule has 1 saturated carbocycles. The van der Waals surface area contributed by atoms with E-state index in [1.54, 1.807) is 36.4 Å². The average molecular weight is 403 g/mol. The number of carbonyl (C=O) groups excluding carboxylic acids is 1. The Hall–Kier alpha value is -2.54. The second-order valence-electron chi connectivity index (χ2n) is 7.14. The summed E-state index contributed by atoms with van der Waals surface area (Å²) in [6.45, 7) is 6.08. The van der Waals surface area contributed by atoms with Gasteiger partial charge in [-0.1, -0.05) is 12.1 Å². The molecule has 6 nitrogen and oxygen atoms in total. The number of hydrogen-bond acceptors (Lipinski definition) is 4. The fraction of sp³-hybridized carbons (Fsp3) is 0.381. The van der Waals surface area contributed by atoms with Crippen molar-refractivity contribution in [1.82, 2.24) is 5.32 Å². The lowest BCUT2D eigenvalue weighted by Gasteiger charge is -2.14. The molecule has 3 rings (SSSR count). The van der Waals surface area contributed by atoms with Gasteiger partial charge in [0.05, 0.1) is 17.9 Å². The zero-order valence-corrected chi connectivity index (χ0v) is 17.2. The molecular weight excluding hydrogens is 376 g/mol. The number of anilines is 1. The van der Waals surface area contributed by atoms with Crippen LogP contribution in [0.2, 0.25) is 0 Å². The highest BCUT2D eigenvalue weighted by Gasteiger charge is 2.23. The lowest BCUT2D eigenvalue weighted by molar-refractivity contribution is -0.120. The predicted octanol–water partition coefficient (Wildman–Crippen LogP) is 3.32. The van der Waals surface area contributed by atoms with Gasteiger partial charge in [-0.3, -0.25) is 9.52 Å². The number of hydrogen-bond donors (Lipinski definition) is 2. The molecule has 1 fully saturated rings. The Labute approximate surface area is 166 Å². The van der Waals surface area contributed by atoms with E-state index >= 15 is 0 Å². The Bertz CT molecular complexity index is 941. The maximum Gasteiger partial charge on any atom is 0.261 e. The first-order chi connectivity index (χ1) is 13.3. The first-order valence-electron chi connectivity index (χ1n) is 9.43. The van der Waals surface area contributed by atoms with Crippen molar-refractivity contribution in [3.8, 4) is 5.75 Å². The van der Waals surface area contributed by atoms with Crippen LogP contribution in [0.1, 0.15) is 36.5 Å². The van der Waals surface area contributed by atoms with Gasteiger partial charge in [-0.15, -0.1) is 0 Å². The summed E-state index contributed by atoms with van der Waals surface area (Å²) < 4.78 is 33.7. The Morgan fingerprint density at radius 3 is 2.25 bits per heavy atom. The van der Waals surface area contributed by atoms with Crippen LogP contribution in [0.4, 0.5) is 5.69 Å². The third-order valence-corrected chi connectivity index (χ3v) is 5.91. The molecule has 1 aliphatic carbocycles. The maximum atomic E-state index is 12.8. The minimum atomic E-state index is -3.72. The highest BCUT2D eigenvalue weighted by atomic mass is 32.2. The van der Waals surface area contributed by atoms with Crippen molar-refractivity contribution in [2.75, 3.05) is 11.3 Å². The molecular formula is C21H26N2O4S. The van der Waals surface area contributed by atoms with Gasteiger partial charge >= 0.3 is 0 Å². The van der Waals surface area contributed by atoms with E-state index in [1.807, 2.05) is 20.8 Å². The van der Waals surface area contributed by atoms with E-state index in [0.717, 1.165) is 35.3 Å². The van der Waals surface area contributed by atoms with Gasteiger partial charge in [0.2, 0.25) is 5.91 Å². The molecule has 0 radical (unpaired) electrons. The molecule has 2 aromatic carbocycles. The summed E-state index contributed by atoms with van der Waals surface area (Å²) in [6, 6.07) is 10.4. The molecule has 0 atom stereocenters. The number of rotatable bonds is 8. The maximum absolute atomic E-state index is 12.8. The first kappa shape index (κ1) is 20.2. The van der Waals surface area contributed by atoms with Crippen LogP contribution in [0.3, 0.4) is 0 Å². The predicted molar refractivity (Wildman–Crippen MR) is 109 cm³/mol. The van der Waals surface area contributed by atoms with E-state index < -0.39 is 10.0 Å². The monoisotopic (exact) mass is 402 g/mol. The number of carbonyl (C=O) groups is 1. The van der Waals surface area contributed by atoms with E-state index in [1.165, 1.54) is 0 Å². The van der Waals surface area contributed by atoms with Gasteiger partial charge in [0.25, 0.3) is 10.0 Å².